The molecule has 1 aromatic rings. The molecule has 0 saturated carbocycles. The summed E-state index contributed by atoms with van der Waals surface area (Å²) in [5.41, 5.74) is 1.33. The average Bonchev–Trinajstić information content (AvgIpc) is 2.15. The van der Waals surface area contributed by atoms with E-state index in [1.165, 1.54) is 10.8 Å². The van der Waals surface area contributed by atoms with Crippen molar-refractivity contribution >= 4 is 20.9 Å². The van der Waals surface area contributed by atoms with Crippen LogP contribution in [0.3, 0.4) is 0 Å². The fourth-order valence-electron chi connectivity index (χ4n) is 0.553. The highest BCUT2D eigenvalue weighted by molar-refractivity contribution is 6.34. The van der Waals surface area contributed by atoms with Gasteiger partial charge in [-0.05, 0) is 6.92 Å². The molecule has 1 rings (SSSR count). The molecule has 0 aromatic carbocycles. The van der Waals surface area contributed by atoms with Crippen molar-refractivity contribution in [2.24, 2.45) is 0 Å². The smallest absolute Gasteiger partial charge is 0.434 e. The van der Waals surface area contributed by atoms with Crippen molar-refractivity contribution in [3.05, 3.63) is 11.9 Å². The van der Waals surface area contributed by atoms with E-state index in [-0.39, 0.29) is 0 Å². The van der Waals surface area contributed by atoms with Gasteiger partial charge in [0, 0.05) is 11.9 Å². The van der Waals surface area contributed by atoms with Crippen LogP contribution in [0, 0.1) is 6.92 Å². The Labute approximate surface area is 55.4 Å². The molecule has 1 aromatic heterocycles. The van der Waals surface area contributed by atoms with Crippen LogP contribution in [0.25, 0.3) is 0 Å². The normalized spacial score (nSPS) is 9.56. The molecular formula is C4H5B2N2O. The van der Waals surface area contributed by atoms with Gasteiger partial charge in [0.25, 0.3) is 0 Å². The van der Waals surface area contributed by atoms with Gasteiger partial charge >= 0.3 is 7.62 Å². The molecule has 0 amide bonds. The molecule has 1 heterocycles. The van der Waals surface area contributed by atoms with E-state index < -0.39 is 0 Å². The number of nitrogens with zero attached hydrogens (tertiary/aromatic N) is 2. The van der Waals surface area contributed by atoms with Crippen LogP contribution in [-0.4, -0.2) is 30.2 Å². The van der Waals surface area contributed by atoms with Gasteiger partial charge < -0.3 is 5.02 Å². The van der Waals surface area contributed by atoms with Crippen molar-refractivity contribution in [2.75, 3.05) is 0 Å². The predicted molar refractivity (Wildman–Crippen MR) is 35.7 cm³/mol. The molecule has 0 saturated heterocycles. The Balaban J connectivity index is 3.04. The van der Waals surface area contributed by atoms with E-state index in [1.807, 2.05) is 0 Å². The molecule has 1 N–H and O–H groups in total. The van der Waals surface area contributed by atoms with Crippen LogP contribution >= 0.6 is 0 Å². The van der Waals surface area contributed by atoms with Crippen LogP contribution < -0.4 is 5.46 Å². The van der Waals surface area contributed by atoms with Gasteiger partial charge in [0.05, 0.1) is 0 Å². The Morgan fingerprint density at radius 2 is 2.56 bits per heavy atom. The number of aromatic nitrogens is 2. The first kappa shape index (κ1) is 6.42. The highest BCUT2D eigenvalue weighted by Gasteiger charge is 1.99. The van der Waals surface area contributed by atoms with Gasteiger partial charge in [-0.25, -0.2) is 0 Å². The first-order valence-corrected chi connectivity index (χ1v) is 2.53. The molecule has 0 fully saturated rings. The van der Waals surface area contributed by atoms with Gasteiger partial charge in [-0.2, -0.15) is 5.10 Å². The summed E-state index contributed by atoms with van der Waals surface area (Å²) in [4.78, 5) is 0. The minimum Gasteiger partial charge on any atom is -0.434 e. The van der Waals surface area contributed by atoms with Gasteiger partial charge in [0.15, 0.2) is 0 Å². The van der Waals surface area contributed by atoms with E-state index in [9.17, 15) is 0 Å². The third kappa shape index (κ3) is 1.00. The van der Waals surface area contributed by atoms with Crippen molar-refractivity contribution in [1.29, 1.82) is 0 Å². The Bertz CT molecular complexity index is 210. The van der Waals surface area contributed by atoms with Crippen molar-refractivity contribution < 1.29 is 5.02 Å². The van der Waals surface area contributed by atoms with E-state index >= 15 is 0 Å². The summed E-state index contributed by atoms with van der Waals surface area (Å²) in [6, 6.07) is 0. The molecule has 0 unspecified atom stereocenters. The van der Waals surface area contributed by atoms with Gasteiger partial charge in [-0.3, -0.25) is 4.59 Å². The van der Waals surface area contributed by atoms with E-state index in [2.05, 4.69) is 5.10 Å². The number of hydrogen-bond donors (Lipinski definition) is 1. The lowest BCUT2D eigenvalue weighted by atomic mass is 9.97. The lowest BCUT2D eigenvalue weighted by molar-refractivity contribution is 0.575. The molecule has 0 aliphatic rings. The SMILES string of the molecule is [B]c1cnn([B]O)c1C. The Morgan fingerprint density at radius 1 is 1.89 bits per heavy atom. The zero-order chi connectivity index (χ0) is 6.85. The van der Waals surface area contributed by atoms with E-state index in [1.54, 1.807) is 6.92 Å². The molecular weight excluding hydrogens is 114 g/mol. The molecule has 3 nitrogen and oxygen atoms in total. The van der Waals surface area contributed by atoms with Gasteiger partial charge in [-0.15, -0.1) is 0 Å². The monoisotopic (exact) mass is 119 g/mol. The third-order valence-corrected chi connectivity index (χ3v) is 1.19. The Morgan fingerprint density at radius 3 is 2.78 bits per heavy atom. The van der Waals surface area contributed by atoms with Crippen LogP contribution in [0.15, 0.2) is 6.20 Å². The lowest BCUT2D eigenvalue weighted by Crippen LogP contribution is -2.12. The molecule has 0 aliphatic heterocycles. The Kier molecular flexibility index (Phi) is 1.62. The van der Waals surface area contributed by atoms with Crippen molar-refractivity contribution in [1.82, 2.24) is 9.69 Å². The summed E-state index contributed by atoms with van der Waals surface area (Å²) < 4.78 is 1.30. The molecule has 0 spiro atoms. The third-order valence-electron chi connectivity index (χ3n) is 1.19. The maximum atomic E-state index is 8.45. The minimum absolute atomic E-state index is 0.584. The molecule has 5 heteroatoms. The molecule has 3 radical (unpaired) electrons. The first-order valence-electron chi connectivity index (χ1n) is 2.53. The van der Waals surface area contributed by atoms with Crippen molar-refractivity contribution in [2.45, 2.75) is 6.92 Å². The average molecular weight is 119 g/mol. The largest absolute Gasteiger partial charge is 0.459 e. The minimum atomic E-state index is 0.584. The number of rotatable bonds is 1. The summed E-state index contributed by atoms with van der Waals surface area (Å²) in [5.74, 6) is 0. The molecule has 0 aliphatic carbocycles. The Hall–Kier alpha value is -0.700. The van der Waals surface area contributed by atoms with E-state index in [4.69, 9.17) is 12.9 Å². The quantitative estimate of drug-likeness (QED) is 0.450. The summed E-state index contributed by atoms with van der Waals surface area (Å²) in [6.45, 7) is 1.77. The predicted octanol–water partition coefficient (Wildman–Crippen LogP) is -1.64. The maximum absolute atomic E-state index is 8.45. The molecule has 43 valence electrons. The van der Waals surface area contributed by atoms with Crippen LogP contribution in [-0.2, 0) is 0 Å². The fourth-order valence-corrected chi connectivity index (χ4v) is 0.553. The summed E-state index contributed by atoms with van der Waals surface area (Å²) >= 11 is 0. The maximum Gasteiger partial charge on any atom is 0.459 e. The zero-order valence-corrected chi connectivity index (χ0v) is 5.07. The van der Waals surface area contributed by atoms with Crippen molar-refractivity contribution in [3.8, 4) is 0 Å². The second-order valence-electron chi connectivity index (χ2n) is 1.75. The zero-order valence-electron chi connectivity index (χ0n) is 5.07. The topological polar surface area (TPSA) is 38.0 Å². The molecule has 0 atom stereocenters. The van der Waals surface area contributed by atoms with Gasteiger partial charge in [0.1, 0.15) is 7.85 Å². The summed E-state index contributed by atoms with van der Waals surface area (Å²) in [5, 5.41) is 12.2. The van der Waals surface area contributed by atoms with Crippen LogP contribution in [0.1, 0.15) is 5.69 Å². The highest BCUT2D eigenvalue weighted by Crippen LogP contribution is 1.86. The van der Waals surface area contributed by atoms with Crippen molar-refractivity contribution in [3.63, 3.8) is 0 Å². The lowest BCUT2D eigenvalue weighted by Gasteiger charge is -1.94. The second-order valence-corrected chi connectivity index (χ2v) is 1.75. The fraction of sp³-hybridized carbons (Fsp3) is 0.250. The highest BCUT2D eigenvalue weighted by atomic mass is 16.2. The van der Waals surface area contributed by atoms with Crippen LogP contribution in [0.5, 0.6) is 0 Å². The molecule has 0 bridgehead atoms. The van der Waals surface area contributed by atoms with Gasteiger partial charge in [-0.1, -0.05) is 5.46 Å². The summed E-state index contributed by atoms with van der Waals surface area (Å²) in [7, 11) is 6.27. The molecule has 9 heavy (non-hydrogen) atoms. The second kappa shape index (κ2) is 2.27. The van der Waals surface area contributed by atoms with E-state index in [0.717, 1.165) is 13.3 Å². The summed E-state index contributed by atoms with van der Waals surface area (Å²) in [6.07, 6.45) is 1.49. The number of hydrogen-bond acceptors (Lipinski definition) is 2. The van der Waals surface area contributed by atoms with Crippen LogP contribution in [0.2, 0.25) is 0 Å². The van der Waals surface area contributed by atoms with Crippen LogP contribution in [0.4, 0.5) is 0 Å². The van der Waals surface area contributed by atoms with Gasteiger partial charge in [0.2, 0.25) is 0 Å². The first-order chi connectivity index (χ1) is 4.25. The van der Waals surface area contributed by atoms with E-state index in [0.29, 0.717) is 5.46 Å². The standard InChI is InChI=1S/C4H5B2N2O/c1-3-4(5)2-7-8(3)6-9/h2,9H,1H3.